The summed E-state index contributed by atoms with van der Waals surface area (Å²) >= 11 is 0. The van der Waals surface area contributed by atoms with Crippen LogP contribution < -0.4 is 5.32 Å². The zero-order valence-electron chi connectivity index (χ0n) is 10.9. The molecule has 1 aliphatic rings. The van der Waals surface area contributed by atoms with Gasteiger partial charge < -0.3 is 10.1 Å². The molecule has 1 atom stereocenters. The van der Waals surface area contributed by atoms with E-state index in [0.717, 1.165) is 25.7 Å². The number of ketones is 1. The number of benzene rings is 1. The number of ether oxygens (including phenoxy) is 1. The molecule has 0 heterocycles. The molecule has 0 spiro atoms. The van der Waals surface area contributed by atoms with E-state index < -0.39 is 6.09 Å². The van der Waals surface area contributed by atoms with E-state index in [4.69, 9.17) is 4.74 Å². The Morgan fingerprint density at radius 3 is 2.68 bits per heavy atom. The van der Waals surface area contributed by atoms with Crippen molar-refractivity contribution in [1.29, 1.82) is 0 Å². The summed E-state index contributed by atoms with van der Waals surface area (Å²) in [5.74, 6) is 0.0982. The maximum absolute atomic E-state index is 11.3. The summed E-state index contributed by atoms with van der Waals surface area (Å²) in [4.78, 5) is 22.4. The number of alkyl carbamates (subject to hydrolysis) is 1. The third kappa shape index (κ3) is 4.39. The minimum atomic E-state index is -0.474. The average Bonchev–Trinajstić information content (AvgIpc) is 2.44. The van der Waals surface area contributed by atoms with Gasteiger partial charge in [-0.3, -0.25) is 4.79 Å². The number of Topliss-reactive ketones (excluding diaryl/α,β-unsaturated/α-hetero) is 1. The van der Waals surface area contributed by atoms with Crippen molar-refractivity contribution in [3.05, 3.63) is 35.9 Å². The lowest BCUT2D eigenvalue weighted by molar-refractivity contribution is -0.126. The highest BCUT2D eigenvalue weighted by molar-refractivity contribution is 5.92. The standard InChI is InChI=1S/C15H19NO3/c17-14-10-9-13(14)16-15(18)19-11-5-4-8-12-6-2-1-3-7-12/h1-3,6-7,13H,4-5,8-11H2,(H,16,18)/t13-/m0/s1. The van der Waals surface area contributed by atoms with Gasteiger partial charge in [-0.2, -0.15) is 0 Å². The highest BCUT2D eigenvalue weighted by atomic mass is 16.5. The van der Waals surface area contributed by atoms with Gasteiger partial charge in [-0.1, -0.05) is 30.3 Å². The van der Waals surface area contributed by atoms with E-state index >= 15 is 0 Å². The molecule has 19 heavy (non-hydrogen) atoms. The van der Waals surface area contributed by atoms with Gasteiger partial charge in [0.05, 0.1) is 12.6 Å². The predicted molar refractivity (Wildman–Crippen MR) is 71.9 cm³/mol. The van der Waals surface area contributed by atoms with E-state index in [1.165, 1.54) is 5.56 Å². The van der Waals surface area contributed by atoms with Crippen LogP contribution in [0.2, 0.25) is 0 Å². The maximum atomic E-state index is 11.3. The molecule has 0 unspecified atom stereocenters. The summed E-state index contributed by atoms with van der Waals surface area (Å²) in [6.07, 6.45) is 3.65. The first-order chi connectivity index (χ1) is 9.25. The Bertz CT molecular complexity index is 430. The third-order valence-corrected chi connectivity index (χ3v) is 3.30. The van der Waals surface area contributed by atoms with E-state index in [1.54, 1.807) is 0 Å². The van der Waals surface area contributed by atoms with Gasteiger partial charge >= 0.3 is 6.09 Å². The Morgan fingerprint density at radius 1 is 1.26 bits per heavy atom. The zero-order chi connectivity index (χ0) is 13.5. The molecule has 4 nitrogen and oxygen atoms in total. The highest BCUT2D eigenvalue weighted by Gasteiger charge is 2.29. The molecule has 1 aromatic carbocycles. The van der Waals surface area contributed by atoms with Gasteiger partial charge in [0.1, 0.15) is 0 Å². The van der Waals surface area contributed by atoms with Gasteiger partial charge in [-0.15, -0.1) is 0 Å². The number of carbonyl (C=O) groups excluding carboxylic acids is 2. The van der Waals surface area contributed by atoms with Crippen molar-refractivity contribution in [3.8, 4) is 0 Å². The molecule has 1 fully saturated rings. The number of carbonyl (C=O) groups is 2. The summed E-state index contributed by atoms with van der Waals surface area (Å²) in [7, 11) is 0. The molecule has 0 radical (unpaired) electrons. The molecular formula is C15H19NO3. The molecule has 0 saturated heterocycles. The van der Waals surface area contributed by atoms with Crippen molar-refractivity contribution >= 4 is 11.9 Å². The van der Waals surface area contributed by atoms with Gasteiger partial charge in [0.2, 0.25) is 0 Å². The molecule has 0 aliphatic heterocycles. The van der Waals surface area contributed by atoms with Crippen LogP contribution in [0.5, 0.6) is 0 Å². The summed E-state index contributed by atoms with van der Waals surface area (Å²) in [5.41, 5.74) is 1.30. The lowest BCUT2D eigenvalue weighted by atomic mass is 9.91. The molecule has 1 aromatic rings. The van der Waals surface area contributed by atoms with Crippen molar-refractivity contribution in [2.24, 2.45) is 0 Å². The van der Waals surface area contributed by atoms with E-state index in [-0.39, 0.29) is 11.8 Å². The lowest BCUT2D eigenvalue weighted by Crippen LogP contribution is -2.47. The number of nitrogens with one attached hydrogen (secondary N) is 1. The largest absolute Gasteiger partial charge is 0.450 e. The number of hydrogen-bond donors (Lipinski definition) is 1. The van der Waals surface area contributed by atoms with Crippen LogP contribution in [-0.2, 0) is 16.0 Å². The summed E-state index contributed by atoms with van der Waals surface area (Å²) in [6, 6.07) is 9.92. The average molecular weight is 261 g/mol. The molecule has 0 aromatic heterocycles. The first-order valence-corrected chi connectivity index (χ1v) is 6.75. The normalized spacial score (nSPS) is 17.7. The van der Waals surface area contributed by atoms with Crippen LogP contribution in [0.4, 0.5) is 4.79 Å². The fraction of sp³-hybridized carbons (Fsp3) is 0.467. The molecule has 4 heteroatoms. The number of amides is 1. The minimum absolute atomic E-state index is 0.0982. The van der Waals surface area contributed by atoms with Crippen LogP contribution in [-0.4, -0.2) is 24.5 Å². The van der Waals surface area contributed by atoms with Gasteiger partial charge in [-0.25, -0.2) is 4.79 Å². The van der Waals surface area contributed by atoms with Gasteiger partial charge in [-0.05, 0) is 31.2 Å². The van der Waals surface area contributed by atoms with E-state index in [2.05, 4.69) is 17.4 Å². The summed E-state index contributed by atoms with van der Waals surface area (Å²) in [5, 5.41) is 2.56. The number of aryl methyl sites for hydroxylation is 1. The quantitative estimate of drug-likeness (QED) is 0.800. The van der Waals surface area contributed by atoms with Crippen molar-refractivity contribution in [2.75, 3.05) is 6.61 Å². The van der Waals surface area contributed by atoms with Crippen LogP contribution in [0.15, 0.2) is 30.3 Å². The first-order valence-electron chi connectivity index (χ1n) is 6.75. The van der Waals surface area contributed by atoms with Crippen molar-refractivity contribution in [2.45, 2.75) is 38.1 Å². The maximum Gasteiger partial charge on any atom is 0.407 e. The number of unbranched alkanes of at least 4 members (excludes halogenated alkanes) is 1. The minimum Gasteiger partial charge on any atom is -0.450 e. The number of rotatable bonds is 6. The summed E-state index contributed by atoms with van der Waals surface area (Å²) < 4.78 is 5.03. The van der Waals surface area contributed by atoms with Crippen LogP contribution in [0.25, 0.3) is 0 Å². The van der Waals surface area contributed by atoms with Gasteiger partial charge in [0.25, 0.3) is 0 Å². The zero-order valence-corrected chi connectivity index (χ0v) is 10.9. The fourth-order valence-corrected chi connectivity index (χ4v) is 1.98. The Hall–Kier alpha value is -1.84. The highest BCUT2D eigenvalue weighted by Crippen LogP contribution is 2.13. The van der Waals surface area contributed by atoms with E-state index in [9.17, 15) is 9.59 Å². The Kier molecular flexibility index (Phi) is 4.95. The summed E-state index contributed by atoms with van der Waals surface area (Å²) in [6.45, 7) is 0.402. The van der Waals surface area contributed by atoms with Crippen LogP contribution >= 0.6 is 0 Å². The Labute approximate surface area is 113 Å². The van der Waals surface area contributed by atoms with E-state index in [1.807, 2.05) is 18.2 Å². The first kappa shape index (κ1) is 13.6. The predicted octanol–water partition coefficient (Wildman–Crippen LogP) is 2.47. The molecule has 1 amide bonds. The molecule has 1 saturated carbocycles. The molecule has 1 aliphatic carbocycles. The molecule has 102 valence electrons. The van der Waals surface area contributed by atoms with Crippen LogP contribution in [0, 0.1) is 0 Å². The Balaban J connectivity index is 1.52. The second-order valence-electron chi connectivity index (χ2n) is 4.78. The van der Waals surface area contributed by atoms with Crippen LogP contribution in [0.1, 0.15) is 31.2 Å². The van der Waals surface area contributed by atoms with Gasteiger partial charge in [0.15, 0.2) is 5.78 Å². The van der Waals surface area contributed by atoms with Gasteiger partial charge in [0, 0.05) is 6.42 Å². The second kappa shape index (κ2) is 6.92. The molecule has 2 rings (SSSR count). The lowest BCUT2D eigenvalue weighted by Gasteiger charge is -2.24. The third-order valence-electron chi connectivity index (χ3n) is 3.30. The van der Waals surface area contributed by atoms with Crippen LogP contribution in [0.3, 0.4) is 0 Å². The molecule has 0 bridgehead atoms. The topological polar surface area (TPSA) is 55.4 Å². The molecular weight excluding hydrogens is 242 g/mol. The molecule has 1 N–H and O–H groups in total. The van der Waals surface area contributed by atoms with E-state index in [0.29, 0.717) is 13.0 Å². The Morgan fingerprint density at radius 2 is 2.05 bits per heavy atom. The smallest absolute Gasteiger partial charge is 0.407 e. The van der Waals surface area contributed by atoms with Crippen molar-refractivity contribution < 1.29 is 14.3 Å². The fourth-order valence-electron chi connectivity index (χ4n) is 1.98. The second-order valence-corrected chi connectivity index (χ2v) is 4.78. The SMILES string of the molecule is O=C(N[C@H]1CCC1=O)OCCCCc1ccccc1. The monoisotopic (exact) mass is 261 g/mol. The van der Waals surface area contributed by atoms with Crippen molar-refractivity contribution in [1.82, 2.24) is 5.32 Å². The number of hydrogen-bond acceptors (Lipinski definition) is 3. The van der Waals surface area contributed by atoms with Crippen molar-refractivity contribution in [3.63, 3.8) is 0 Å².